The lowest BCUT2D eigenvalue weighted by Crippen LogP contribution is -2.36. The van der Waals surface area contributed by atoms with Crippen molar-refractivity contribution in [1.29, 1.82) is 0 Å². The molecule has 3 aromatic rings. The average Bonchev–Trinajstić information content (AvgIpc) is 2.89. The Bertz CT molecular complexity index is 1280. The Labute approximate surface area is 201 Å². The molecular weight excluding hydrogens is 452 g/mol. The highest BCUT2D eigenvalue weighted by molar-refractivity contribution is 6.10. The van der Waals surface area contributed by atoms with Gasteiger partial charge in [0, 0.05) is 18.8 Å². The fourth-order valence-electron chi connectivity index (χ4n) is 4.15. The van der Waals surface area contributed by atoms with Gasteiger partial charge in [0.25, 0.3) is 5.91 Å². The molecule has 0 aromatic heterocycles. The Morgan fingerprint density at radius 2 is 1.51 bits per heavy atom. The summed E-state index contributed by atoms with van der Waals surface area (Å²) in [6.45, 7) is 3.44. The molecule has 180 valence electrons. The number of aromatic hydroxyl groups is 1. The number of fused-ring (bicyclic) bond motifs is 1. The van der Waals surface area contributed by atoms with Crippen LogP contribution in [0.4, 0.5) is 11.4 Å². The number of anilines is 2. The molecular formula is C26H24N2O7. The van der Waals surface area contributed by atoms with Gasteiger partial charge in [0.05, 0.1) is 30.0 Å². The van der Waals surface area contributed by atoms with Crippen LogP contribution in [0.1, 0.15) is 20.7 Å². The van der Waals surface area contributed by atoms with Crippen LogP contribution in [0.15, 0.2) is 54.6 Å². The van der Waals surface area contributed by atoms with E-state index >= 15 is 0 Å². The molecule has 0 atom stereocenters. The minimum atomic E-state index is -1.18. The van der Waals surface area contributed by atoms with Crippen LogP contribution in [-0.2, 0) is 4.74 Å². The molecule has 0 aliphatic carbocycles. The van der Waals surface area contributed by atoms with Gasteiger partial charge in [0.15, 0.2) is 11.5 Å². The van der Waals surface area contributed by atoms with E-state index in [2.05, 4.69) is 10.2 Å². The third-order valence-electron chi connectivity index (χ3n) is 5.97. The second kappa shape index (κ2) is 9.55. The number of morpholine rings is 1. The van der Waals surface area contributed by atoms with Crippen molar-refractivity contribution in [3.8, 4) is 28.4 Å². The van der Waals surface area contributed by atoms with E-state index in [1.807, 2.05) is 12.1 Å². The lowest BCUT2D eigenvalue weighted by molar-refractivity contribution is 0.0698. The number of phenols is 1. The largest absolute Gasteiger partial charge is 0.507 e. The first-order valence-corrected chi connectivity index (χ1v) is 11.2. The molecule has 0 radical (unpaired) electrons. The fourth-order valence-corrected chi connectivity index (χ4v) is 4.15. The molecule has 35 heavy (non-hydrogen) atoms. The van der Waals surface area contributed by atoms with Crippen molar-refractivity contribution in [2.75, 3.05) is 49.7 Å². The number of nitrogens with zero attached hydrogens (tertiary/aromatic N) is 1. The molecule has 2 aliphatic rings. The Hall–Kier alpha value is -4.24. The number of hydrogen-bond acceptors (Lipinski definition) is 7. The van der Waals surface area contributed by atoms with Gasteiger partial charge in [-0.2, -0.15) is 0 Å². The van der Waals surface area contributed by atoms with Gasteiger partial charge in [-0.15, -0.1) is 0 Å². The minimum absolute atomic E-state index is 0.0510. The maximum absolute atomic E-state index is 13.1. The van der Waals surface area contributed by atoms with E-state index in [1.165, 1.54) is 12.1 Å². The molecule has 0 unspecified atom stereocenters. The van der Waals surface area contributed by atoms with Gasteiger partial charge in [0.2, 0.25) is 0 Å². The zero-order valence-corrected chi connectivity index (χ0v) is 18.8. The minimum Gasteiger partial charge on any atom is -0.507 e. The smallest absolute Gasteiger partial charge is 0.337 e. The highest BCUT2D eigenvalue weighted by Crippen LogP contribution is 2.36. The molecule has 9 nitrogen and oxygen atoms in total. The summed E-state index contributed by atoms with van der Waals surface area (Å²) >= 11 is 0. The average molecular weight is 476 g/mol. The Kier molecular flexibility index (Phi) is 6.15. The van der Waals surface area contributed by atoms with Crippen molar-refractivity contribution in [2.45, 2.75) is 0 Å². The highest BCUT2D eigenvalue weighted by atomic mass is 16.6. The highest BCUT2D eigenvalue weighted by Gasteiger charge is 2.20. The predicted octanol–water partition coefficient (Wildman–Crippen LogP) is 3.62. The van der Waals surface area contributed by atoms with E-state index in [-0.39, 0.29) is 22.6 Å². The Morgan fingerprint density at radius 3 is 2.29 bits per heavy atom. The summed E-state index contributed by atoms with van der Waals surface area (Å²) in [5.41, 5.74) is 2.34. The Balaban J connectivity index is 1.45. The van der Waals surface area contributed by atoms with Crippen molar-refractivity contribution < 1.29 is 34.0 Å². The molecule has 0 spiro atoms. The maximum Gasteiger partial charge on any atom is 0.337 e. The first-order valence-electron chi connectivity index (χ1n) is 11.2. The molecule has 1 fully saturated rings. The third-order valence-corrected chi connectivity index (χ3v) is 5.97. The summed E-state index contributed by atoms with van der Waals surface area (Å²) in [6.07, 6.45) is 0. The number of benzene rings is 3. The van der Waals surface area contributed by atoms with Crippen LogP contribution in [0.3, 0.4) is 0 Å². The van der Waals surface area contributed by atoms with E-state index in [9.17, 15) is 19.8 Å². The molecule has 2 heterocycles. The van der Waals surface area contributed by atoms with Crippen LogP contribution in [-0.4, -0.2) is 61.6 Å². The molecule has 9 heteroatoms. The number of ether oxygens (including phenoxy) is 3. The summed E-state index contributed by atoms with van der Waals surface area (Å²) in [6, 6.07) is 14.9. The number of nitrogens with one attached hydrogen (secondary N) is 1. The molecule has 1 amide bonds. The first-order chi connectivity index (χ1) is 17.0. The van der Waals surface area contributed by atoms with Crippen LogP contribution in [0.5, 0.6) is 17.2 Å². The van der Waals surface area contributed by atoms with Crippen LogP contribution in [0.2, 0.25) is 0 Å². The first kappa shape index (κ1) is 22.5. The van der Waals surface area contributed by atoms with Crippen LogP contribution in [0, 0.1) is 0 Å². The van der Waals surface area contributed by atoms with Gasteiger partial charge in [-0.05, 0) is 53.6 Å². The normalized spacial score (nSPS) is 14.9. The zero-order chi connectivity index (χ0) is 24.4. The van der Waals surface area contributed by atoms with Crippen LogP contribution in [0.25, 0.3) is 11.1 Å². The standard InChI is InChI=1S/C26H24N2O7/c29-22-5-3-18(28-7-9-33-10-8-28)15-20(22)25(30)27-21-13-16(1-4-19(21)26(31)32)17-2-6-23-24(14-17)35-12-11-34-23/h1-6,13-15,29H,7-12H2,(H,27,30)(H,31,32). The van der Waals surface area contributed by atoms with Gasteiger partial charge in [-0.25, -0.2) is 4.79 Å². The molecule has 0 bridgehead atoms. The molecule has 2 aliphatic heterocycles. The van der Waals surface area contributed by atoms with E-state index in [0.29, 0.717) is 56.6 Å². The summed E-state index contributed by atoms with van der Waals surface area (Å²) < 4.78 is 16.6. The van der Waals surface area contributed by atoms with Crippen LogP contribution < -0.4 is 19.7 Å². The SMILES string of the molecule is O=C(Nc1cc(-c2ccc3c(c2)OCCO3)ccc1C(=O)O)c1cc(N2CCOCC2)ccc1O. The molecule has 5 rings (SSSR count). The summed E-state index contributed by atoms with van der Waals surface area (Å²) in [7, 11) is 0. The maximum atomic E-state index is 13.1. The quantitative estimate of drug-likeness (QED) is 0.511. The Morgan fingerprint density at radius 1 is 0.800 bits per heavy atom. The molecule has 3 N–H and O–H groups in total. The number of hydrogen-bond donors (Lipinski definition) is 3. The van der Waals surface area contributed by atoms with Crippen molar-refractivity contribution in [1.82, 2.24) is 0 Å². The number of amides is 1. The van der Waals surface area contributed by atoms with E-state index in [1.54, 1.807) is 30.3 Å². The van der Waals surface area contributed by atoms with E-state index in [4.69, 9.17) is 14.2 Å². The molecule has 0 saturated carbocycles. The van der Waals surface area contributed by atoms with Crippen molar-refractivity contribution in [2.24, 2.45) is 0 Å². The monoisotopic (exact) mass is 476 g/mol. The fraction of sp³-hybridized carbons (Fsp3) is 0.231. The number of carbonyl (C=O) groups is 2. The summed E-state index contributed by atoms with van der Waals surface area (Å²) in [5.74, 6) is -0.739. The number of carboxylic acid groups (broad SMARTS) is 1. The van der Waals surface area contributed by atoms with E-state index in [0.717, 1.165) is 11.3 Å². The lowest BCUT2D eigenvalue weighted by atomic mass is 10.0. The zero-order valence-electron chi connectivity index (χ0n) is 18.8. The van der Waals surface area contributed by atoms with Crippen LogP contribution >= 0.6 is 0 Å². The molecule has 3 aromatic carbocycles. The van der Waals surface area contributed by atoms with Crippen molar-refractivity contribution in [3.05, 3.63) is 65.7 Å². The number of carboxylic acids is 1. The van der Waals surface area contributed by atoms with Crippen molar-refractivity contribution in [3.63, 3.8) is 0 Å². The van der Waals surface area contributed by atoms with Gasteiger partial charge in [0.1, 0.15) is 19.0 Å². The van der Waals surface area contributed by atoms with Gasteiger partial charge in [-0.3, -0.25) is 4.79 Å². The number of phenolic OH excluding ortho intramolecular Hbond substituents is 1. The second-order valence-electron chi connectivity index (χ2n) is 8.18. The summed E-state index contributed by atoms with van der Waals surface area (Å²) in [5, 5.41) is 22.7. The number of aromatic carboxylic acids is 1. The van der Waals surface area contributed by atoms with Crippen molar-refractivity contribution >= 4 is 23.3 Å². The van der Waals surface area contributed by atoms with Gasteiger partial charge >= 0.3 is 5.97 Å². The predicted molar refractivity (Wildman–Crippen MR) is 129 cm³/mol. The van der Waals surface area contributed by atoms with E-state index < -0.39 is 11.9 Å². The topological polar surface area (TPSA) is 118 Å². The number of carbonyl (C=O) groups excluding carboxylic acids is 1. The van der Waals surface area contributed by atoms with Gasteiger partial charge < -0.3 is 34.6 Å². The molecule has 1 saturated heterocycles. The lowest BCUT2D eigenvalue weighted by Gasteiger charge is -2.29. The third kappa shape index (κ3) is 4.71. The number of rotatable bonds is 5. The van der Waals surface area contributed by atoms with Gasteiger partial charge in [-0.1, -0.05) is 12.1 Å². The second-order valence-corrected chi connectivity index (χ2v) is 8.18. The summed E-state index contributed by atoms with van der Waals surface area (Å²) in [4.78, 5) is 27.1.